The number of carbonyl (C=O) groups is 2. The number of hydrogen-bond acceptors (Lipinski definition) is 6. The molecule has 3 atom stereocenters. The fraction of sp³-hybridized carbons (Fsp3) is 0.556. The lowest BCUT2D eigenvalue weighted by molar-refractivity contribution is -0.153. The molecule has 2 aliphatic heterocycles. The monoisotopic (exact) mass is 332 g/mol. The predicted octanol–water partition coefficient (Wildman–Crippen LogP) is 1.25. The van der Waals surface area contributed by atoms with E-state index in [0.717, 1.165) is 19.6 Å². The van der Waals surface area contributed by atoms with Gasteiger partial charge in [0.15, 0.2) is 0 Å². The van der Waals surface area contributed by atoms with Crippen LogP contribution in [-0.4, -0.2) is 60.8 Å². The second-order valence-electron chi connectivity index (χ2n) is 6.66. The van der Waals surface area contributed by atoms with E-state index in [1.807, 2.05) is 25.1 Å². The van der Waals surface area contributed by atoms with Crippen molar-refractivity contribution in [2.24, 2.45) is 5.92 Å². The Labute approximate surface area is 142 Å². The van der Waals surface area contributed by atoms with Crippen LogP contribution in [0.4, 0.5) is 0 Å². The highest BCUT2D eigenvalue weighted by atomic mass is 16.5. The lowest BCUT2D eigenvalue weighted by atomic mass is 9.93. The topological polar surface area (TPSA) is 59.1 Å². The smallest absolute Gasteiger partial charge is 0.326 e. The van der Waals surface area contributed by atoms with Crippen molar-refractivity contribution >= 4 is 11.9 Å². The number of rotatable bonds is 4. The second-order valence-corrected chi connectivity index (χ2v) is 6.66. The van der Waals surface area contributed by atoms with Gasteiger partial charge in [-0.25, -0.2) is 0 Å². The van der Waals surface area contributed by atoms with Crippen LogP contribution in [-0.2, 0) is 25.6 Å². The standard InChI is InChI=1S/C18H24N2O4/c1-18(17(22)24-3)11-14(16(21)23-2)15-19(9-10-20(15)18)12-13-7-5-4-6-8-13/h4-8,14-15H,9-12H2,1-3H3. The van der Waals surface area contributed by atoms with Crippen LogP contribution < -0.4 is 0 Å². The van der Waals surface area contributed by atoms with E-state index in [9.17, 15) is 9.59 Å². The maximum absolute atomic E-state index is 12.4. The Hall–Kier alpha value is -1.92. The summed E-state index contributed by atoms with van der Waals surface area (Å²) < 4.78 is 10.0. The number of nitrogens with zero attached hydrogens (tertiary/aromatic N) is 2. The summed E-state index contributed by atoms with van der Waals surface area (Å²) >= 11 is 0. The maximum Gasteiger partial charge on any atom is 0.326 e. The second kappa shape index (κ2) is 6.53. The van der Waals surface area contributed by atoms with Gasteiger partial charge >= 0.3 is 11.9 Å². The SMILES string of the molecule is COC(=O)C1CC(C)(C(=O)OC)N2CCN(Cc3ccccc3)C12. The first kappa shape index (κ1) is 16.9. The van der Waals surface area contributed by atoms with Crippen LogP contribution in [0.5, 0.6) is 0 Å². The van der Waals surface area contributed by atoms with Gasteiger partial charge in [-0.15, -0.1) is 0 Å². The van der Waals surface area contributed by atoms with Crippen molar-refractivity contribution < 1.29 is 19.1 Å². The number of carbonyl (C=O) groups excluding carboxylic acids is 2. The van der Waals surface area contributed by atoms with Crippen LogP contribution in [0.25, 0.3) is 0 Å². The van der Waals surface area contributed by atoms with Crippen LogP contribution in [0.3, 0.4) is 0 Å². The Kier molecular flexibility index (Phi) is 4.60. The summed E-state index contributed by atoms with van der Waals surface area (Å²) in [6, 6.07) is 10.2. The molecule has 0 spiro atoms. The van der Waals surface area contributed by atoms with Gasteiger partial charge in [-0.1, -0.05) is 30.3 Å². The number of ether oxygens (including phenoxy) is 2. The molecule has 0 aromatic heterocycles. The molecule has 24 heavy (non-hydrogen) atoms. The zero-order valence-electron chi connectivity index (χ0n) is 14.4. The minimum absolute atomic E-state index is 0.137. The van der Waals surface area contributed by atoms with E-state index in [1.54, 1.807) is 0 Å². The Balaban J connectivity index is 1.88. The molecule has 0 amide bonds. The summed E-state index contributed by atoms with van der Waals surface area (Å²) in [5.41, 5.74) is 0.401. The lowest BCUT2D eigenvalue weighted by Crippen LogP contribution is -2.50. The molecule has 6 nitrogen and oxygen atoms in total. The summed E-state index contributed by atoms with van der Waals surface area (Å²) in [5, 5.41) is 0. The van der Waals surface area contributed by atoms with Crippen LogP contribution >= 0.6 is 0 Å². The fourth-order valence-corrected chi connectivity index (χ4v) is 4.13. The van der Waals surface area contributed by atoms with Gasteiger partial charge < -0.3 is 9.47 Å². The number of methoxy groups -OCH3 is 2. The molecule has 3 unspecified atom stereocenters. The molecule has 1 aromatic rings. The van der Waals surface area contributed by atoms with Crippen molar-refractivity contribution in [2.75, 3.05) is 27.3 Å². The summed E-state index contributed by atoms with van der Waals surface area (Å²) in [6.07, 6.45) is 0.282. The number of esters is 2. The van der Waals surface area contributed by atoms with E-state index in [4.69, 9.17) is 9.47 Å². The molecule has 0 saturated carbocycles. The summed E-state index contributed by atoms with van der Waals surface area (Å²) in [4.78, 5) is 29.0. The average Bonchev–Trinajstić information content (AvgIpc) is 3.15. The Morgan fingerprint density at radius 3 is 2.50 bits per heavy atom. The van der Waals surface area contributed by atoms with E-state index < -0.39 is 5.54 Å². The van der Waals surface area contributed by atoms with Gasteiger partial charge in [-0.2, -0.15) is 0 Å². The number of fused-ring (bicyclic) bond motifs is 1. The molecule has 2 fully saturated rings. The van der Waals surface area contributed by atoms with Gasteiger partial charge in [-0.3, -0.25) is 19.4 Å². The van der Waals surface area contributed by atoms with E-state index in [0.29, 0.717) is 6.42 Å². The number of hydrogen-bond donors (Lipinski definition) is 0. The van der Waals surface area contributed by atoms with Crippen LogP contribution in [0.15, 0.2) is 30.3 Å². The van der Waals surface area contributed by atoms with Crippen molar-refractivity contribution in [3.63, 3.8) is 0 Å². The van der Waals surface area contributed by atoms with Crippen molar-refractivity contribution in [1.29, 1.82) is 0 Å². The molecule has 130 valence electrons. The Morgan fingerprint density at radius 1 is 1.17 bits per heavy atom. The molecule has 2 heterocycles. The van der Waals surface area contributed by atoms with Crippen molar-refractivity contribution in [1.82, 2.24) is 9.80 Å². The predicted molar refractivity (Wildman–Crippen MR) is 87.9 cm³/mol. The largest absolute Gasteiger partial charge is 0.469 e. The molecule has 0 aliphatic carbocycles. The first-order chi connectivity index (χ1) is 11.5. The van der Waals surface area contributed by atoms with E-state index in [1.165, 1.54) is 19.8 Å². The van der Waals surface area contributed by atoms with Crippen molar-refractivity contribution in [2.45, 2.75) is 31.6 Å². The quantitative estimate of drug-likeness (QED) is 0.774. The zero-order chi connectivity index (χ0) is 17.3. The van der Waals surface area contributed by atoms with Crippen molar-refractivity contribution in [3.05, 3.63) is 35.9 Å². The lowest BCUT2D eigenvalue weighted by Gasteiger charge is -2.32. The van der Waals surface area contributed by atoms with E-state index in [2.05, 4.69) is 21.9 Å². The molecule has 0 radical (unpaired) electrons. The molecule has 0 bridgehead atoms. The number of benzene rings is 1. The minimum Gasteiger partial charge on any atom is -0.469 e. The molecular formula is C18H24N2O4. The molecule has 6 heteroatoms. The highest BCUT2D eigenvalue weighted by Crippen LogP contribution is 2.44. The molecule has 3 rings (SSSR count). The third-order valence-corrected chi connectivity index (χ3v) is 5.29. The zero-order valence-corrected chi connectivity index (χ0v) is 14.4. The van der Waals surface area contributed by atoms with Gasteiger partial charge in [0.05, 0.1) is 26.3 Å². The maximum atomic E-state index is 12.4. The van der Waals surface area contributed by atoms with Gasteiger partial charge in [0.1, 0.15) is 5.54 Å². The normalized spacial score (nSPS) is 30.1. The molecule has 0 N–H and O–H groups in total. The molecule has 2 saturated heterocycles. The third kappa shape index (κ3) is 2.70. The van der Waals surface area contributed by atoms with E-state index in [-0.39, 0.29) is 24.0 Å². The Morgan fingerprint density at radius 2 is 1.88 bits per heavy atom. The molecular weight excluding hydrogens is 308 g/mol. The average molecular weight is 332 g/mol. The summed E-state index contributed by atoms with van der Waals surface area (Å²) in [7, 11) is 2.79. The van der Waals surface area contributed by atoms with Gasteiger partial charge in [0.25, 0.3) is 0 Å². The fourth-order valence-electron chi connectivity index (χ4n) is 4.13. The van der Waals surface area contributed by atoms with Crippen LogP contribution in [0, 0.1) is 5.92 Å². The highest BCUT2D eigenvalue weighted by molar-refractivity contribution is 5.84. The third-order valence-electron chi connectivity index (χ3n) is 5.29. The summed E-state index contributed by atoms with van der Waals surface area (Å²) in [5.74, 6) is -0.914. The van der Waals surface area contributed by atoms with Gasteiger partial charge in [-0.05, 0) is 18.9 Å². The summed E-state index contributed by atoms with van der Waals surface area (Å²) in [6.45, 7) is 4.14. The van der Waals surface area contributed by atoms with E-state index >= 15 is 0 Å². The van der Waals surface area contributed by atoms with Crippen LogP contribution in [0.2, 0.25) is 0 Å². The van der Waals surface area contributed by atoms with Gasteiger partial charge in [0, 0.05) is 19.6 Å². The molecule has 2 aliphatic rings. The Bertz CT molecular complexity index is 621. The van der Waals surface area contributed by atoms with Gasteiger partial charge in [0.2, 0.25) is 0 Å². The minimum atomic E-state index is -0.788. The first-order valence-electron chi connectivity index (χ1n) is 8.22. The van der Waals surface area contributed by atoms with Crippen molar-refractivity contribution in [3.8, 4) is 0 Å². The highest BCUT2D eigenvalue weighted by Gasteiger charge is 2.60. The first-order valence-corrected chi connectivity index (χ1v) is 8.22. The van der Waals surface area contributed by atoms with Crippen LogP contribution in [0.1, 0.15) is 18.9 Å². The molecule has 1 aromatic carbocycles.